The van der Waals surface area contributed by atoms with E-state index in [1.807, 2.05) is 50.2 Å². The molecule has 0 aliphatic heterocycles. The molecule has 2 aromatic heterocycles. The maximum absolute atomic E-state index is 11.9. The summed E-state index contributed by atoms with van der Waals surface area (Å²) in [5.74, 6) is -1.24. The molecule has 152 valence electrons. The summed E-state index contributed by atoms with van der Waals surface area (Å²) in [6.45, 7) is 4.52. The highest BCUT2D eigenvalue weighted by Crippen LogP contribution is 2.31. The molecular weight excluding hydrogens is 368 g/mol. The van der Waals surface area contributed by atoms with Gasteiger partial charge < -0.3 is 10.8 Å². The van der Waals surface area contributed by atoms with Crippen LogP contribution in [0.5, 0.6) is 0 Å². The summed E-state index contributed by atoms with van der Waals surface area (Å²) in [7, 11) is 0. The van der Waals surface area contributed by atoms with Gasteiger partial charge >= 0.3 is 5.97 Å². The van der Waals surface area contributed by atoms with Crippen LogP contribution in [-0.2, 0) is 17.8 Å². The maximum atomic E-state index is 11.9. The first kappa shape index (κ1) is 20.6. The van der Waals surface area contributed by atoms with Crippen LogP contribution in [0.2, 0.25) is 0 Å². The van der Waals surface area contributed by atoms with E-state index in [2.05, 4.69) is 25.6 Å². The van der Waals surface area contributed by atoms with Crippen LogP contribution in [-0.4, -0.2) is 36.7 Å². The Bertz CT molecular complexity index is 907. The number of carboxylic acid groups (broad SMARTS) is 1. The molecule has 2 heterocycles. The van der Waals surface area contributed by atoms with Gasteiger partial charge in [0.1, 0.15) is 0 Å². The Balaban J connectivity index is 1.82. The minimum atomic E-state index is -0.856. The molecule has 8 nitrogen and oxygen atoms in total. The second kappa shape index (κ2) is 9.38. The van der Waals surface area contributed by atoms with Crippen LogP contribution in [0, 0.1) is 11.8 Å². The van der Waals surface area contributed by atoms with E-state index >= 15 is 0 Å². The van der Waals surface area contributed by atoms with Crippen molar-refractivity contribution >= 4 is 5.97 Å². The summed E-state index contributed by atoms with van der Waals surface area (Å²) < 4.78 is 0. The second-order valence-electron chi connectivity index (χ2n) is 7.59. The fourth-order valence-electron chi connectivity index (χ4n) is 3.46. The Kier molecular flexibility index (Phi) is 6.66. The Labute approximate surface area is 169 Å². The zero-order valence-corrected chi connectivity index (χ0v) is 16.6. The van der Waals surface area contributed by atoms with E-state index in [0.717, 1.165) is 22.4 Å². The predicted molar refractivity (Wildman–Crippen MR) is 109 cm³/mol. The van der Waals surface area contributed by atoms with Gasteiger partial charge in [0.05, 0.1) is 5.92 Å². The number of aromatic amines is 1. The lowest BCUT2D eigenvalue weighted by Crippen LogP contribution is -2.26. The number of H-pyrrole nitrogens is 1. The molecule has 1 aromatic carbocycles. The summed E-state index contributed by atoms with van der Waals surface area (Å²) in [6, 6.07) is 11.9. The number of tetrazole rings is 1. The first-order chi connectivity index (χ1) is 14.0. The first-order valence-electron chi connectivity index (χ1n) is 9.68. The highest BCUT2D eigenvalue weighted by atomic mass is 16.4. The average molecular weight is 394 g/mol. The molecular formula is C21H26N6O2. The first-order valence-corrected chi connectivity index (χ1v) is 9.68. The zero-order valence-electron chi connectivity index (χ0n) is 16.6. The fraction of sp³-hybridized carbons (Fsp3) is 0.381. The summed E-state index contributed by atoms with van der Waals surface area (Å²) in [5.41, 5.74) is 9.56. The van der Waals surface area contributed by atoms with Crippen LogP contribution in [0.15, 0.2) is 42.6 Å². The largest absolute Gasteiger partial charge is 0.481 e. The average Bonchev–Trinajstić information content (AvgIpc) is 3.25. The van der Waals surface area contributed by atoms with Gasteiger partial charge in [-0.15, -0.1) is 10.2 Å². The van der Waals surface area contributed by atoms with Crippen molar-refractivity contribution in [2.75, 3.05) is 0 Å². The molecule has 8 heteroatoms. The molecule has 2 unspecified atom stereocenters. The van der Waals surface area contributed by atoms with Crippen LogP contribution in [0.3, 0.4) is 0 Å². The van der Waals surface area contributed by atoms with E-state index in [-0.39, 0.29) is 5.92 Å². The number of rotatable bonds is 9. The van der Waals surface area contributed by atoms with Gasteiger partial charge in [0, 0.05) is 36.3 Å². The van der Waals surface area contributed by atoms with Gasteiger partial charge in [0.25, 0.3) is 0 Å². The van der Waals surface area contributed by atoms with Crippen molar-refractivity contribution < 1.29 is 9.90 Å². The molecule has 3 rings (SSSR count). The normalized spacial score (nSPS) is 13.4. The maximum Gasteiger partial charge on any atom is 0.307 e. The number of aromatic nitrogens is 5. The third kappa shape index (κ3) is 5.23. The lowest BCUT2D eigenvalue weighted by atomic mass is 9.82. The number of nitrogens with two attached hydrogens (primary N) is 1. The lowest BCUT2D eigenvalue weighted by Gasteiger charge is -2.22. The number of nitrogens with one attached hydrogen (secondary N) is 1. The van der Waals surface area contributed by atoms with Crippen LogP contribution in [0.25, 0.3) is 11.1 Å². The molecule has 0 saturated carbocycles. The van der Waals surface area contributed by atoms with Gasteiger partial charge in [-0.1, -0.05) is 49.4 Å². The van der Waals surface area contributed by atoms with E-state index in [0.29, 0.717) is 25.2 Å². The van der Waals surface area contributed by atoms with Crippen molar-refractivity contribution in [3.8, 4) is 11.1 Å². The van der Waals surface area contributed by atoms with Crippen LogP contribution in [0.1, 0.15) is 43.3 Å². The van der Waals surface area contributed by atoms with Gasteiger partial charge in [0.15, 0.2) is 5.82 Å². The van der Waals surface area contributed by atoms with E-state index in [1.165, 1.54) is 0 Å². The summed E-state index contributed by atoms with van der Waals surface area (Å²) in [5, 5.41) is 23.9. The van der Waals surface area contributed by atoms with E-state index in [1.54, 1.807) is 6.20 Å². The number of aliphatic carboxylic acids is 1. The van der Waals surface area contributed by atoms with Crippen molar-refractivity contribution in [3.63, 3.8) is 0 Å². The van der Waals surface area contributed by atoms with Gasteiger partial charge in [-0.25, -0.2) is 0 Å². The van der Waals surface area contributed by atoms with Gasteiger partial charge in [-0.2, -0.15) is 5.21 Å². The van der Waals surface area contributed by atoms with Gasteiger partial charge in [-0.05, 0) is 29.5 Å². The number of carboxylic acids is 1. The molecule has 0 aliphatic carbocycles. The van der Waals surface area contributed by atoms with Crippen molar-refractivity contribution in [1.82, 2.24) is 25.6 Å². The third-order valence-electron chi connectivity index (χ3n) is 5.00. The number of benzene rings is 1. The Hall–Kier alpha value is -3.13. The molecule has 0 amide bonds. The highest BCUT2D eigenvalue weighted by molar-refractivity contribution is 5.71. The summed E-state index contributed by atoms with van der Waals surface area (Å²) in [4.78, 5) is 16.5. The smallest absolute Gasteiger partial charge is 0.307 e. The molecule has 0 fully saturated rings. The SMILES string of the molecule is CC(C)CC(C(=O)O)C(Cc1ccc(-c2ccc(CN)cc2)cn1)c1nn[nH]n1. The van der Waals surface area contributed by atoms with Crippen LogP contribution in [0.4, 0.5) is 0 Å². The van der Waals surface area contributed by atoms with Crippen LogP contribution < -0.4 is 5.73 Å². The number of nitrogens with zero attached hydrogens (tertiary/aromatic N) is 4. The molecule has 0 radical (unpaired) electrons. The molecule has 0 spiro atoms. The minimum Gasteiger partial charge on any atom is -0.481 e. The lowest BCUT2D eigenvalue weighted by molar-refractivity contribution is -0.143. The van der Waals surface area contributed by atoms with E-state index in [9.17, 15) is 9.90 Å². The van der Waals surface area contributed by atoms with Crippen LogP contribution >= 0.6 is 0 Å². The zero-order chi connectivity index (χ0) is 20.8. The predicted octanol–water partition coefficient (Wildman–Crippen LogP) is 2.79. The molecule has 4 N–H and O–H groups in total. The highest BCUT2D eigenvalue weighted by Gasteiger charge is 2.33. The monoisotopic (exact) mass is 394 g/mol. The van der Waals surface area contributed by atoms with Crippen molar-refractivity contribution in [1.29, 1.82) is 0 Å². The molecule has 2 atom stereocenters. The molecule has 29 heavy (non-hydrogen) atoms. The minimum absolute atomic E-state index is 0.234. The van der Waals surface area contributed by atoms with Gasteiger partial charge in [-0.3, -0.25) is 9.78 Å². The second-order valence-corrected chi connectivity index (χ2v) is 7.59. The molecule has 0 bridgehead atoms. The Morgan fingerprint density at radius 3 is 2.38 bits per heavy atom. The molecule has 0 aliphatic rings. The quantitative estimate of drug-likeness (QED) is 0.508. The van der Waals surface area contributed by atoms with Crippen molar-refractivity contribution in [3.05, 3.63) is 59.7 Å². The van der Waals surface area contributed by atoms with Gasteiger partial charge in [0.2, 0.25) is 0 Å². The van der Waals surface area contributed by atoms with E-state index in [4.69, 9.17) is 5.73 Å². The van der Waals surface area contributed by atoms with Crippen molar-refractivity contribution in [2.45, 2.75) is 39.2 Å². The Morgan fingerprint density at radius 2 is 1.86 bits per heavy atom. The molecule has 3 aromatic rings. The number of hydrogen-bond donors (Lipinski definition) is 3. The Morgan fingerprint density at radius 1 is 1.14 bits per heavy atom. The molecule has 0 saturated heterocycles. The van der Waals surface area contributed by atoms with Crippen molar-refractivity contribution in [2.24, 2.45) is 17.6 Å². The number of pyridine rings is 1. The number of hydrogen-bond acceptors (Lipinski definition) is 6. The fourth-order valence-corrected chi connectivity index (χ4v) is 3.46. The topological polar surface area (TPSA) is 131 Å². The summed E-state index contributed by atoms with van der Waals surface area (Å²) in [6.07, 6.45) is 2.76. The standard InChI is InChI=1S/C21H26N6O2/c1-13(2)9-19(21(28)29)18(20-24-26-27-25-20)10-17-8-7-16(12-23-17)15-5-3-14(11-22)4-6-15/h3-8,12-13,18-19H,9-11,22H2,1-2H3,(H,28,29)(H,24,25,26,27). The number of carbonyl (C=O) groups is 1. The third-order valence-corrected chi connectivity index (χ3v) is 5.00. The van der Waals surface area contributed by atoms with E-state index < -0.39 is 17.8 Å². The summed E-state index contributed by atoms with van der Waals surface area (Å²) >= 11 is 0.